The molecule has 0 spiro atoms. The number of aromatic nitrogens is 3. The molecule has 4 aromatic rings. The monoisotopic (exact) mass is 655 g/mol. The molecule has 0 aliphatic carbocycles. The van der Waals surface area contributed by atoms with Gasteiger partial charge >= 0.3 is 12.4 Å². The van der Waals surface area contributed by atoms with Gasteiger partial charge in [0, 0.05) is 5.56 Å². The number of ether oxygens (including phenoxy) is 1. The molecule has 2 heterocycles. The molecule has 1 N–H and O–H groups in total. The highest BCUT2D eigenvalue weighted by Crippen LogP contribution is 2.38. The zero-order valence-electron chi connectivity index (χ0n) is 24.0. The summed E-state index contributed by atoms with van der Waals surface area (Å²) in [4.78, 5) is 35.2. The highest BCUT2D eigenvalue weighted by molar-refractivity contribution is 8.17. The summed E-state index contributed by atoms with van der Waals surface area (Å²) < 4.78 is 41.6. The van der Waals surface area contributed by atoms with Crippen LogP contribution in [-0.2, 0) is 4.79 Å². The summed E-state index contributed by atoms with van der Waals surface area (Å²) in [7, 11) is 0. The van der Waals surface area contributed by atoms with Gasteiger partial charge in [0.15, 0.2) is 15.7 Å². The van der Waals surface area contributed by atoms with Crippen molar-refractivity contribution in [2.75, 3.05) is 4.90 Å². The zero-order valence-corrected chi connectivity index (χ0v) is 25.6. The summed E-state index contributed by atoms with van der Waals surface area (Å²) in [5.41, 5.74) is 6.67. The van der Waals surface area contributed by atoms with E-state index in [0.29, 0.717) is 28.3 Å². The van der Waals surface area contributed by atoms with E-state index >= 15 is 0 Å². The molecule has 15 heteroatoms. The van der Waals surface area contributed by atoms with Crippen LogP contribution in [0.2, 0.25) is 0 Å². The number of nitrogens with zero attached hydrogens (tertiary/aromatic N) is 6. The third-order valence-corrected chi connectivity index (χ3v) is 7.78. The topological polar surface area (TPSA) is 114 Å². The number of aryl methyl sites for hydroxylation is 1. The van der Waals surface area contributed by atoms with E-state index in [1.165, 1.54) is 46.4 Å². The fourth-order valence-corrected chi connectivity index (χ4v) is 5.49. The quantitative estimate of drug-likeness (QED) is 0.130. The molecule has 1 atom stereocenters. The van der Waals surface area contributed by atoms with E-state index in [9.17, 15) is 22.8 Å². The third-order valence-electron chi connectivity index (χ3n) is 6.43. The van der Waals surface area contributed by atoms with Crippen LogP contribution in [0.3, 0.4) is 0 Å². The van der Waals surface area contributed by atoms with Crippen LogP contribution >= 0.6 is 23.4 Å². The molecule has 1 saturated heterocycles. The van der Waals surface area contributed by atoms with E-state index < -0.39 is 17.1 Å². The molecule has 3 amide bonds. The lowest BCUT2D eigenvalue weighted by Gasteiger charge is -2.22. The molecule has 10 nitrogen and oxygen atoms in total. The Balaban J connectivity index is 1.23. The number of hydrogen-bond acceptors (Lipinski definition) is 7. The number of urea groups is 1. The first kappa shape index (κ1) is 31.7. The van der Waals surface area contributed by atoms with Gasteiger partial charge < -0.3 is 4.74 Å². The Morgan fingerprint density at radius 1 is 1.11 bits per heavy atom. The molecule has 1 aliphatic rings. The first-order valence-corrected chi connectivity index (χ1v) is 14.7. The van der Waals surface area contributed by atoms with Crippen molar-refractivity contribution in [3.05, 3.63) is 89.7 Å². The SMILES string of the molecule is Cc1ccc(C(C)C)c(N2C(=O)C(Cl)S/C2=N\C(=O)N/N=C/c2ccc(-c3ncn(-c4ccc(OC(F)(F)F)cc4)n3)cc2)c1. The molecular weight excluding hydrogens is 631 g/mol. The van der Waals surface area contributed by atoms with Gasteiger partial charge in [0.1, 0.15) is 12.1 Å². The fraction of sp³-hybridized carbons (Fsp3) is 0.200. The Kier molecular flexibility index (Phi) is 9.25. The van der Waals surface area contributed by atoms with E-state index in [2.05, 4.69) is 30.3 Å². The standard InChI is InChI=1S/C30H25ClF3N7O3S/c1-17(2)23-13-4-18(3)14-24(23)41-27(42)25(31)45-29(41)37-28(43)38-36-15-19-5-7-20(8-6-19)26-35-16-40(39-26)21-9-11-22(12-10-21)44-30(32,33)34/h4-17,25H,1-3H3,(H,38,43)/b36-15+,37-29-. The van der Waals surface area contributed by atoms with Crippen molar-refractivity contribution >= 4 is 52.4 Å². The summed E-state index contributed by atoms with van der Waals surface area (Å²) in [6.45, 7) is 5.93. The van der Waals surface area contributed by atoms with Crippen molar-refractivity contribution in [3.8, 4) is 22.8 Å². The molecule has 0 radical (unpaired) electrons. The van der Waals surface area contributed by atoms with Gasteiger partial charge in [0.2, 0.25) is 0 Å². The normalized spacial score (nSPS) is 16.3. The maximum atomic E-state index is 12.9. The lowest BCUT2D eigenvalue weighted by atomic mass is 9.99. The number of carbonyl (C=O) groups excluding carboxylic acids is 2. The maximum absolute atomic E-state index is 12.9. The van der Waals surface area contributed by atoms with Crippen molar-refractivity contribution in [1.29, 1.82) is 0 Å². The van der Waals surface area contributed by atoms with E-state index in [1.807, 2.05) is 39.0 Å². The largest absolute Gasteiger partial charge is 0.573 e. The number of amides is 3. The van der Waals surface area contributed by atoms with Gasteiger partial charge in [-0.15, -0.1) is 18.3 Å². The van der Waals surface area contributed by atoms with Crippen molar-refractivity contribution in [2.45, 2.75) is 37.8 Å². The minimum atomic E-state index is -4.77. The number of halogens is 4. The van der Waals surface area contributed by atoms with Gasteiger partial charge in [-0.25, -0.2) is 19.9 Å². The second kappa shape index (κ2) is 13.1. The lowest BCUT2D eigenvalue weighted by Crippen LogP contribution is -2.33. The van der Waals surface area contributed by atoms with Crippen molar-refractivity contribution < 1.29 is 27.5 Å². The number of nitrogens with one attached hydrogen (secondary N) is 1. The van der Waals surface area contributed by atoms with Crippen LogP contribution in [0.4, 0.5) is 23.7 Å². The first-order chi connectivity index (χ1) is 21.4. The highest BCUT2D eigenvalue weighted by atomic mass is 35.5. The van der Waals surface area contributed by atoms with Crippen LogP contribution < -0.4 is 15.1 Å². The van der Waals surface area contributed by atoms with Crippen LogP contribution in [0.15, 0.2) is 83.2 Å². The van der Waals surface area contributed by atoms with E-state index in [1.54, 1.807) is 24.3 Å². The van der Waals surface area contributed by atoms with Gasteiger partial charge in [-0.1, -0.05) is 73.6 Å². The number of anilines is 1. The van der Waals surface area contributed by atoms with Crippen molar-refractivity contribution in [3.63, 3.8) is 0 Å². The van der Waals surface area contributed by atoms with Crippen LogP contribution in [0, 0.1) is 6.92 Å². The Labute approximate surface area is 265 Å². The molecule has 1 aliphatic heterocycles. The fourth-order valence-electron chi connectivity index (χ4n) is 4.34. The van der Waals surface area contributed by atoms with E-state index in [0.717, 1.165) is 22.9 Å². The van der Waals surface area contributed by atoms with Crippen molar-refractivity contribution in [2.24, 2.45) is 10.1 Å². The predicted octanol–water partition coefficient (Wildman–Crippen LogP) is 7.01. The van der Waals surface area contributed by atoms with Crippen LogP contribution in [0.1, 0.15) is 36.5 Å². The molecule has 5 rings (SSSR count). The van der Waals surface area contributed by atoms with Crippen LogP contribution in [-0.4, -0.2) is 49.2 Å². The Hall–Kier alpha value is -4.69. The number of thioether (sulfide) groups is 1. The molecule has 1 unspecified atom stereocenters. The summed E-state index contributed by atoms with van der Waals surface area (Å²) in [6, 6.07) is 17.2. The second-order valence-electron chi connectivity index (χ2n) is 10.1. The zero-order chi connectivity index (χ0) is 32.3. The van der Waals surface area contributed by atoms with Gasteiger partial charge in [-0.2, -0.15) is 10.1 Å². The number of carbonyl (C=O) groups is 2. The molecule has 0 bridgehead atoms. The molecule has 3 aromatic carbocycles. The van der Waals surface area contributed by atoms with E-state index in [4.69, 9.17) is 11.6 Å². The Morgan fingerprint density at radius 3 is 2.49 bits per heavy atom. The van der Waals surface area contributed by atoms with Crippen molar-refractivity contribution in [1.82, 2.24) is 20.2 Å². The van der Waals surface area contributed by atoms with Gasteiger partial charge in [-0.05, 0) is 59.9 Å². The number of rotatable bonds is 7. The lowest BCUT2D eigenvalue weighted by molar-refractivity contribution is -0.274. The number of hydrogen-bond donors (Lipinski definition) is 1. The predicted molar refractivity (Wildman–Crippen MR) is 167 cm³/mol. The molecule has 1 fully saturated rings. The average molecular weight is 656 g/mol. The Bertz CT molecular complexity index is 1770. The first-order valence-electron chi connectivity index (χ1n) is 13.4. The minimum absolute atomic E-state index is 0.118. The average Bonchev–Trinajstić information content (AvgIpc) is 3.57. The molecule has 45 heavy (non-hydrogen) atoms. The molecule has 232 valence electrons. The Morgan fingerprint density at radius 2 is 1.82 bits per heavy atom. The number of hydrazone groups is 1. The highest BCUT2D eigenvalue weighted by Gasteiger charge is 2.39. The number of alkyl halides is 4. The maximum Gasteiger partial charge on any atom is 0.573 e. The van der Waals surface area contributed by atoms with Crippen LogP contribution in [0.5, 0.6) is 5.75 Å². The third kappa shape index (κ3) is 7.70. The number of amidine groups is 1. The summed E-state index contributed by atoms with van der Waals surface area (Å²) in [5, 5.41) is 8.49. The smallest absolute Gasteiger partial charge is 0.406 e. The molecular formula is C30H25ClF3N7O3S. The number of benzene rings is 3. The second-order valence-corrected chi connectivity index (χ2v) is 11.8. The summed E-state index contributed by atoms with van der Waals surface area (Å²) in [6.07, 6.45) is -1.91. The van der Waals surface area contributed by atoms with E-state index in [-0.39, 0.29) is 22.7 Å². The summed E-state index contributed by atoms with van der Waals surface area (Å²) in [5.74, 6) is -0.212. The summed E-state index contributed by atoms with van der Waals surface area (Å²) >= 11 is 7.22. The minimum Gasteiger partial charge on any atom is -0.406 e. The van der Waals surface area contributed by atoms with Gasteiger partial charge in [0.05, 0.1) is 17.6 Å². The van der Waals surface area contributed by atoms with Gasteiger partial charge in [0.25, 0.3) is 5.91 Å². The number of aliphatic imine (C=N–C) groups is 1. The molecule has 1 aromatic heterocycles. The van der Waals surface area contributed by atoms with Crippen LogP contribution in [0.25, 0.3) is 17.1 Å². The molecule has 0 saturated carbocycles. The van der Waals surface area contributed by atoms with Gasteiger partial charge in [-0.3, -0.25) is 9.69 Å².